The number of likely N-dealkylation sites (tertiary alicyclic amines) is 1. The highest BCUT2D eigenvalue weighted by Crippen LogP contribution is 2.18. The lowest BCUT2D eigenvalue weighted by Crippen LogP contribution is -2.44. The maximum Gasteiger partial charge on any atom is 0.316 e. The highest BCUT2D eigenvalue weighted by molar-refractivity contribution is 6.30. The van der Waals surface area contributed by atoms with E-state index >= 15 is 0 Å². The number of H-pyrrole nitrogens is 1. The van der Waals surface area contributed by atoms with E-state index in [1.165, 1.54) is 12.3 Å². The van der Waals surface area contributed by atoms with Crippen molar-refractivity contribution < 1.29 is 13.9 Å². The topological polar surface area (TPSA) is 88.2 Å². The van der Waals surface area contributed by atoms with Gasteiger partial charge in [-0.3, -0.25) is 9.59 Å². The van der Waals surface area contributed by atoms with Gasteiger partial charge in [0.1, 0.15) is 11.1 Å². The number of piperidine rings is 1. The van der Waals surface area contributed by atoms with Gasteiger partial charge >= 0.3 is 6.01 Å². The van der Waals surface area contributed by atoms with E-state index in [4.69, 9.17) is 16.3 Å². The van der Waals surface area contributed by atoms with Crippen LogP contribution >= 0.6 is 11.6 Å². The van der Waals surface area contributed by atoms with E-state index in [2.05, 4.69) is 15.0 Å². The third-order valence-corrected chi connectivity index (χ3v) is 3.92. The fraction of sp³-hybridized carbons (Fsp3) is 0.333. The average molecular weight is 353 g/mol. The van der Waals surface area contributed by atoms with Crippen molar-refractivity contribution in [3.05, 3.63) is 51.4 Å². The van der Waals surface area contributed by atoms with Crippen LogP contribution in [0.1, 0.15) is 23.2 Å². The number of amides is 1. The van der Waals surface area contributed by atoms with Gasteiger partial charge in [0.15, 0.2) is 5.82 Å². The molecule has 3 heterocycles. The fourth-order valence-corrected chi connectivity index (χ4v) is 2.66. The van der Waals surface area contributed by atoms with Crippen LogP contribution in [-0.4, -0.2) is 45.0 Å². The number of aromatic amines is 1. The van der Waals surface area contributed by atoms with Gasteiger partial charge in [0.05, 0.1) is 24.5 Å². The molecule has 0 aliphatic carbocycles. The minimum absolute atomic E-state index is 0.0367. The van der Waals surface area contributed by atoms with E-state index in [1.54, 1.807) is 4.90 Å². The predicted molar refractivity (Wildman–Crippen MR) is 83.6 cm³/mol. The molecule has 9 heteroatoms. The Balaban J connectivity index is 1.68. The van der Waals surface area contributed by atoms with E-state index in [0.29, 0.717) is 18.7 Å². The maximum atomic E-state index is 12.8. The molecule has 7 nitrogen and oxygen atoms in total. The number of nitrogens with one attached hydrogen (secondary N) is 1. The zero-order valence-corrected chi connectivity index (χ0v) is 13.3. The van der Waals surface area contributed by atoms with Crippen molar-refractivity contribution >= 4 is 17.5 Å². The van der Waals surface area contributed by atoms with Crippen LogP contribution in [0.2, 0.25) is 5.02 Å². The molecule has 1 N–H and O–H groups in total. The minimum atomic E-state index is -0.544. The summed E-state index contributed by atoms with van der Waals surface area (Å²) >= 11 is 5.76. The number of aromatic nitrogens is 3. The lowest BCUT2D eigenvalue weighted by Gasteiger charge is -2.32. The molecule has 0 bridgehead atoms. The number of hydrogen-bond donors (Lipinski definition) is 1. The third kappa shape index (κ3) is 3.70. The van der Waals surface area contributed by atoms with Crippen molar-refractivity contribution in [2.45, 2.75) is 18.9 Å². The van der Waals surface area contributed by atoms with Crippen LogP contribution in [0.25, 0.3) is 0 Å². The highest BCUT2D eigenvalue weighted by atomic mass is 35.5. The maximum absolute atomic E-state index is 12.8. The molecule has 0 saturated carbocycles. The van der Waals surface area contributed by atoms with Gasteiger partial charge < -0.3 is 14.6 Å². The molecule has 1 amide bonds. The Morgan fingerprint density at radius 3 is 2.88 bits per heavy atom. The number of nitrogens with zero attached hydrogens (tertiary/aromatic N) is 3. The van der Waals surface area contributed by atoms with Crippen molar-refractivity contribution in [2.24, 2.45) is 0 Å². The fourth-order valence-electron chi connectivity index (χ4n) is 2.49. The number of halogens is 2. The number of rotatable bonds is 3. The molecule has 126 valence electrons. The molecule has 24 heavy (non-hydrogen) atoms. The van der Waals surface area contributed by atoms with E-state index in [1.807, 2.05) is 0 Å². The number of pyridine rings is 1. The molecule has 2 aromatic heterocycles. The molecule has 1 saturated heterocycles. The van der Waals surface area contributed by atoms with Crippen molar-refractivity contribution in [1.29, 1.82) is 0 Å². The quantitative estimate of drug-likeness (QED) is 0.907. The molecule has 1 atom stereocenters. The monoisotopic (exact) mass is 352 g/mol. The average Bonchev–Trinajstić information content (AvgIpc) is 2.59. The summed E-state index contributed by atoms with van der Waals surface area (Å²) < 4.78 is 18.4. The van der Waals surface area contributed by atoms with Crippen LogP contribution in [0.4, 0.5) is 4.39 Å². The van der Waals surface area contributed by atoms with Crippen LogP contribution in [-0.2, 0) is 0 Å². The van der Waals surface area contributed by atoms with Crippen molar-refractivity contribution in [3.63, 3.8) is 0 Å². The molecular weight excluding hydrogens is 339 g/mol. The Labute approximate surface area is 141 Å². The van der Waals surface area contributed by atoms with Gasteiger partial charge in [-0.1, -0.05) is 11.6 Å². The van der Waals surface area contributed by atoms with Gasteiger partial charge in [0.25, 0.3) is 11.5 Å². The lowest BCUT2D eigenvalue weighted by molar-refractivity contribution is 0.0515. The number of ether oxygens (including phenoxy) is 1. The second-order valence-corrected chi connectivity index (χ2v) is 5.79. The summed E-state index contributed by atoms with van der Waals surface area (Å²) in [5, 5.41) is -0.0367. The first kappa shape index (κ1) is 16.4. The van der Waals surface area contributed by atoms with Crippen molar-refractivity contribution in [3.8, 4) is 6.01 Å². The largest absolute Gasteiger partial charge is 0.458 e. The van der Waals surface area contributed by atoms with E-state index in [-0.39, 0.29) is 23.0 Å². The zero-order valence-electron chi connectivity index (χ0n) is 12.5. The molecule has 1 unspecified atom stereocenters. The lowest BCUT2D eigenvalue weighted by atomic mass is 10.1. The van der Waals surface area contributed by atoms with Crippen LogP contribution in [0.3, 0.4) is 0 Å². The van der Waals surface area contributed by atoms with Gasteiger partial charge in [-0.25, -0.2) is 14.4 Å². The number of carbonyl (C=O) groups excluding carboxylic acids is 1. The van der Waals surface area contributed by atoms with E-state index in [0.717, 1.165) is 25.2 Å². The van der Waals surface area contributed by atoms with Crippen LogP contribution < -0.4 is 10.3 Å². The summed E-state index contributed by atoms with van der Waals surface area (Å²) in [5.74, 6) is -0.792. The van der Waals surface area contributed by atoms with Gasteiger partial charge in [0.2, 0.25) is 0 Å². The second kappa shape index (κ2) is 6.96. The van der Waals surface area contributed by atoms with Crippen LogP contribution in [0.15, 0.2) is 29.5 Å². The molecule has 0 spiro atoms. The highest BCUT2D eigenvalue weighted by Gasteiger charge is 2.26. The van der Waals surface area contributed by atoms with E-state index < -0.39 is 11.4 Å². The molecule has 1 aliphatic rings. The summed E-state index contributed by atoms with van der Waals surface area (Å²) in [4.78, 5) is 35.3. The Kier molecular flexibility index (Phi) is 4.75. The number of hydrogen-bond acceptors (Lipinski definition) is 5. The third-order valence-electron chi connectivity index (χ3n) is 3.64. The van der Waals surface area contributed by atoms with E-state index in [9.17, 15) is 14.0 Å². The summed E-state index contributed by atoms with van der Waals surface area (Å²) in [5.41, 5.74) is -0.139. The second-order valence-electron chi connectivity index (χ2n) is 5.38. The first-order valence-electron chi connectivity index (χ1n) is 7.34. The SMILES string of the molecule is O=C(c1c[nH]c(=O)c(Cl)c1)N1CCCC(Oc2ncc(F)cn2)C1. The number of carbonyl (C=O) groups is 1. The van der Waals surface area contributed by atoms with Crippen LogP contribution in [0, 0.1) is 5.82 Å². The molecule has 2 aromatic rings. The summed E-state index contributed by atoms with van der Waals surface area (Å²) in [7, 11) is 0. The summed E-state index contributed by atoms with van der Waals surface area (Å²) in [6, 6.07) is 1.42. The standard InChI is InChI=1S/C15H14ClFN4O3/c16-12-4-9(5-18-13(12)22)14(23)21-3-1-2-11(8-21)24-15-19-6-10(17)7-20-15/h4-7,11H,1-3,8H2,(H,18,22). The first-order chi connectivity index (χ1) is 11.5. The molecule has 1 fully saturated rings. The van der Waals surface area contributed by atoms with Gasteiger partial charge in [-0.15, -0.1) is 0 Å². The molecule has 0 aromatic carbocycles. The summed E-state index contributed by atoms with van der Waals surface area (Å²) in [6.07, 6.45) is 4.58. The Morgan fingerprint density at radius 1 is 1.42 bits per heavy atom. The zero-order chi connectivity index (χ0) is 17.1. The molecule has 0 radical (unpaired) electrons. The Bertz CT molecular complexity index is 796. The van der Waals surface area contributed by atoms with Crippen molar-refractivity contribution in [1.82, 2.24) is 19.9 Å². The summed E-state index contributed by atoms with van der Waals surface area (Å²) in [6.45, 7) is 0.913. The molecular formula is C15H14ClFN4O3. The van der Waals surface area contributed by atoms with Crippen molar-refractivity contribution in [2.75, 3.05) is 13.1 Å². The Hall–Kier alpha value is -2.48. The van der Waals surface area contributed by atoms with Gasteiger partial charge in [-0.05, 0) is 18.9 Å². The minimum Gasteiger partial charge on any atom is -0.458 e. The van der Waals surface area contributed by atoms with Crippen LogP contribution in [0.5, 0.6) is 6.01 Å². The smallest absolute Gasteiger partial charge is 0.316 e. The van der Waals surface area contributed by atoms with Gasteiger partial charge in [-0.2, -0.15) is 0 Å². The Morgan fingerprint density at radius 2 is 2.17 bits per heavy atom. The predicted octanol–water partition coefficient (Wildman–Crippen LogP) is 1.64. The molecule has 1 aliphatic heterocycles. The van der Waals surface area contributed by atoms with Gasteiger partial charge in [0, 0.05) is 12.7 Å². The normalized spacial score (nSPS) is 17.6. The first-order valence-corrected chi connectivity index (χ1v) is 7.72. The molecule has 3 rings (SSSR count).